The van der Waals surface area contributed by atoms with E-state index in [-0.39, 0.29) is 11.8 Å². The third-order valence-electron chi connectivity index (χ3n) is 4.46. The van der Waals surface area contributed by atoms with Crippen molar-refractivity contribution in [2.75, 3.05) is 0 Å². The third kappa shape index (κ3) is 4.41. The van der Waals surface area contributed by atoms with E-state index in [4.69, 9.17) is 0 Å². The largest absolute Gasteiger partial charge is 0.348 e. The van der Waals surface area contributed by atoms with Gasteiger partial charge in [-0.3, -0.25) is 19.6 Å². The molecule has 2 amide bonds. The van der Waals surface area contributed by atoms with E-state index in [0.717, 1.165) is 24.1 Å². The van der Waals surface area contributed by atoms with Crippen molar-refractivity contribution >= 4 is 11.8 Å². The van der Waals surface area contributed by atoms with Crippen molar-refractivity contribution < 1.29 is 9.59 Å². The Hall–Kier alpha value is -2.76. The van der Waals surface area contributed by atoms with Gasteiger partial charge in [-0.05, 0) is 36.6 Å². The summed E-state index contributed by atoms with van der Waals surface area (Å²) in [5.74, 6) is -0.244. The molecule has 6 heteroatoms. The molecule has 0 aromatic carbocycles. The minimum Gasteiger partial charge on any atom is -0.348 e. The maximum absolute atomic E-state index is 13.0. The number of hydrogen-bond donors (Lipinski definition) is 2. The number of pyridine rings is 2. The van der Waals surface area contributed by atoms with Crippen LogP contribution in [0, 0.1) is 0 Å². The average molecular weight is 338 g/mol. The Bertz CT molecular complexity index is 721. The highest BCUT2D eigenvalue weighted by molar-refractivity contribution is 5.92. The zero-order chi connectivity index (χ0) is 17.5. The predicted octanol–water partition coefficient (Wildman–Crippen LogP) is 1.76. The molecule has 130 valence electrons. The number of aromatic nitrogens is 2. The molecular weight excluding hydrogens is 316 g/mol. The summed E-state index contributed by atoms with van der Waals surface area (Å²) >= 11 is 0. The molecule has 25 heavy (non-hydrogen) atoms. The van der Waals surface area contributed by atoms with Crippen molar-refractivity contribution in [1.29, 1.82) is 0 Å². The molecule has 1 aliphatic heterocycles. The van der Waals surface area contributed by atoms with Crippen LogP contribution < -0.4 is 10.6 Å². The lowest BCUT2D eigenvalue weighted by molar-refractivity contribution is -0.133. The summed E-state index contributed by atoms with van der Waals surface area (Å²) in [5.41, 5.74) is 0.774. The molecule has 1 aliphatic rings. The van der Waals surface area contributed by atoms with Gasteiger partial charge in [-0.25, -0.2) is 0 Å². The van der Waals surface area contributed by atoms with E-state index in [1.165, 1.54) is 0 Å². The van der Waals surface area contributed by atoms with Gasteiger partial charge < -0.3 is 10.6 Å². The van der Waals surface area contributed by atoms with Gasteiger partial charge in [0.1, 0.15) is 5.54 Å². The molecule has 1 saturated heterocycles. The molecule has 2 N–H and O–H groups in total. The predicted molar refractivity (Wildman–Crippen MR) is 93.4 cm³/mol. The minimum absolute atomic E-state index is 0.0747. The summed E-state index contributed by atoms with van der Waals surface area (Å²) < 4.78 is 0. The molecule has 1 atom stereocenters. The van der Waals surface area contributed by atoms with E-state index in [0.29, 0.717) is 25.8 Å². The first-order chi connectivity index (χ1) is 12.2. The molecular formula is C19H22N4O2. The fourth-order valence-electron chi connectivity index (χ4n) is 3.18. The highest BCUT2D eigenvalue weighted by Gasteiger charge is 2.40. The standard InChI is InChI=1S/C19H22N4O2/c24-17-8-1-3-9-19(23-17,12-15-6-5-10-20-13-15)18(25)22-14-16-7-2-4-11-21-16/h2,4-7,10-11,13H,1,3,8-9,12,14H2,(H,22,25)(H,23,24). The van der Waals surface area contributed by atoms with E-state index in [1.54, 1.807) is 18.6 Å². The Balaban J connectivity index is 1.79. The Morgan fingerprint density at radius 3 is 2.88 bits per heavy atom. The molecule has 0 bridgehead atoms. The van der Waals surface area contributed by atoms with Crippen molar-refractivity contribution in [3.8, 4) is 0 Å². The lowest BCUT2D eigenvalue weighted by atomic mass is 9.86. The second-order valence-electron chi connectivity index (χ2n) is 6.38. The van der Waals surface area contributed by atoms with Crippen LogP contribution in [0.3, 0.4) is 0 Å². The summed E-state index contributed by atoms with van der Waals surface area (Å²) in [7, 11) is 0. The summed E-state index contributed by atoms with van der Waals surface area (Å²) in [6.07, 6.45) is 8.27. The average Bonchev–Trinajstić information content (AvgIpc) is 2.83. The molecule has 0 spiro atoms. The van der Waals surface area contributed by atoms with Gasteiger partial charge in [0, 0.05) is 31.4 Å². The van der Waals surface area contributed by atoms with Gasteiger partial charge in [0.15, 0.2) is 0 Å². The zero-order valence-electron chi connectivity index (χ0n) is 14.1. The van der Waals surface area contributed by atoms with Crippen LogP contribution in [0.1, 0.15) is 36.9 Å². The Morgan fingerprint density at radius 1 is 1.20 bits per heavy atom. The van der Waals surface area contributed by atoms with Crippen molar-refractivity contribution in [2.24, 2.45) is 0 Å². The molecule has 2 aromatic rings. The van der Waals surface area contributed by atoms with Crippen LogP contribution in [-0.2, 0) is 22.6 Å². The second kappa shape index (κ2) is 7.88. The van der Waals surface area contributed by atoms with Crippen LogP contribution in [0.2, 0.25) is 0 Å². The normalized spacial score (nSPS) is 20.4. The molecule has 3 heterocycles. The lowest BCUT2D eigenvalue weighted by Crippen LogP contribution is -2.59. The van der Waals surface area contributed by atoms with E-state index >= 15 is 0 Å². The second-order valence-corrected chi connectivity index (χ2v) is 6.38. The van der Waals surface area contributed by atoms with Gasteiger partial charge in [0.2, 0.25) is 11.8 Å². The fourth-order valence-corrected chi connectivity index (χ4v) is 3.18. The van der Waals surface area contributed by atoms with Crippen LogP contribution >= 0.6 is 0 Å². The molecule has 2 aromatic heterocycles. The van der Waals surface area contributed by atoms with Crippen molar-refractivity contribution in [1.82, 2.24) is 20.6 Å². The van der Waals surface area contributed by atoms with Crippen LogP contribution in [-0.4, -0.2) is 27.3 Å². The van der Waals surface area contributed by atoms with Crippen LogP contribution in [0.5, 0.6) is 0 Å². The third-order valence-corrected chi connectivity index (χ3v) is 4.46. The highest BCUT2D eigenvalue weighted by atomic mass is 16.2. The topological polar surface area (TPSA) is 84.0 Å². The number of hydrogen-bond acceptors (Lipinski definition) is 4. The number of carbonyl (C=O) groups excluding carboxylic acids is 2. The molecule has 3 rings (SSSR count). The molecule has 1 unspecified atom stereocenters. The highest BCUT2D eigenvalue weighted by Crippen LogP contribution is 2.24. The quantitative estimate of drug-likeness (QED) is 0.870. The first-order valence-corrected chi connectivity index (χ1v) is 8.56. The van der Waals surface area contributed by atoms with Crippen LogP contribution in [0.4, 0.5) is 0 Å². The van der Waals surface area contributed by atoms with E-state index < -0.39 is 5.54 Å². The number of carbonyl (C=O) groups is 2. The Morgan fingerprint density at radius 2 is 2.12 bits per heavy atom. The van der Waals surface area contributed by atoms with Gasteiger partial charge in [0.25, 0.3) is 0 Å². The fraction of sp³-hybridized carbons (Fsp3) is 0.368. The van der Waals surface area contributed by atoms with E-state index in [9.17, 15) is 9.59 Å². The van der Waals surface area contributed by atoms with Gasteiger partial charge in [-0.2, -0.15) is 0 Å². The maximum Gasteiger partial charge on any atom is 0.246 e. The van der Waals surface area contributed by atoms with Crippen LogP contribution in [0.15, 0.2) is 48.9 Å². The lowest BCUT2D eigenvalue weighted by Gasteiger charge is -2.32. The first-order valence-electron chi connectivity index (χ1n) is 8.56. The van der Waals surface area contributed by atoms with Gasteiger partial charge in [-0.1, -0.05) is 18.6 Å². The number of rotatable bonds is 5. The summed E-state index contributed by atoms with van der Waals surface area (Å²) in [6.45, 7) is 0.338. The van der Waals surface area contributed by atoms with E-state index in [2.05, 4.69) is 20.6 Å². The van der Waals surface area contributed by atoms with E-state index in [1.807, 2.05) is 30.3 Å². The maximum atomic E-state index is 13.0. The van der Waals surface area contributed by atoms with Crippen LogP contribution in [0.25, 0.3) is 0 Å². The first kappa shape index (κ1) is 17.1. The SMILES string of the molecule is O=C1CCCCC(Cc2cccnc2)(C(=O)NCc2ccccn2)N1. The molecule has 0 saturated carbocycles. The number of nitrogens with one attached hydrogen (secondary N) is 2. The molecule has 0 radical (unpaired) electrons. The Kier molecular flexibility index (Phi) is 5.38. The number of amides is 2. The van der Waals surface area contributed by atoms with Crippen molar-refractivity contribution in [3.05, 3.63) is 60.2 Å². The summed E-state index contributed by atoms with van der Waals surface area (Å²) in [4.78, 5) is 33.5. The minimum atomic E-state index is -0.939. The Labute approximate surface area is 147 Å². The molecule has 6 nitrogen and oxygen atoms in total. The monoisotopic (exact) mass is 338 g/mol. The van der Waals surface area contributed by atoms with Crippen molar-refractivity contribution in [2.45, 2.75) is 44.2 Å². The zero-order valence-corrected chi connectivity index (χ0v) is 14.1. The van der Waals surface area contributed by atoms with Gasteiger partial charge in [-0.15, -0.1) is 0 Å². The molecule has 1 fully saturated rings. The molecule has 0 aliphatic carbocycles. The van der Waals surface area contributed by atoms with Gasteiger partial charge >= 0.3 is 0 Å². The summed E-state index contributed by atoms with van der Waals surface area (Å²) in [6, 6.07) is 9.35. The summed E-state index contributed by atoms with van der Waals surface area (Å²) in [5, 5.41) is 5.92. The van der Waals surface area contributed by atoms with Crippen molar-refractivity contribution in [3.63, 3.8) is 0 Å². The smallest absolute Gasteiger partial charge is 0.246 e. The number of nitrogens with zero attached hydrogens (tertiary/aromatic N) is 2. The van der Waals surface area contributed by atoms with Gasteiger partial charge in [0.05, 0.1) is 12.2 Å².